The first kappa shape index (κ1) is 13.5. The Morgan fingerprint density at radius 3 is 1.83 bits per heavy atom. The first-order valence-electron chi connectivity index (χ1n) is 4.00. The third kappa shape index (κ3) is 8.88. The molecule has 0 atom stereocenters. The molecule has 0 aliphatic carbocycles. The highest BCUT2D eigenvalue weighted by Gasteiger charge is 1.96. The van der Waals surface area contributed by atoms with Crippen LogP contribution in [-0.4, -0.2) is 4.92 Å². The van der Waals surface area contributed by atoms with E-state index in [4.69, 9.17) is 0 Å². The first-order valence-corrected chi connectivity index (χ1v) is 4.00. The van der Waals surface area contributed by atoms with Crippen molar-refractivity contribution in [2.24, 2.45) is 0 Å². The van der Waals surface area contributed by atoms with E-state index in [1.165, 1.54) is 13.0 Å². The van der Waals surface area contributed by atoms with E-state index in [2.05, 4.69) is 0 Å². The molecular formula is C9H17NO2. The van der Waals surface area contributed by atoms with Crippen LogP contribution < -0.4 is 0 Å². The number of rotatable bonds is 2. The van der Waals surface area contributed by atoms with Gasteiger partial charge in [0.05, 0.1) is 4.92 Å². The summed E-state index contributed by atoms with van der Waals surface area (Å²) in [7, 11) is 0. The van der Waals surface area contributed by atoms with Crippen molar-refractivity contribution in [1.82, 2.24) is 0 Å². The molecule has 0 saturated heterocycles. The minimum absolute atomic E-state index is 0.168. The molecule has 3 nitrogen and oxygen atoms in total. The summed E-state index contributed by atoms with van der Waals surface area (Å²) in [5.74, 6) is 0. The maximum Gasteiger partial charge on any atom is 0.243 e. The quantitative estimate of drug-likeness (QED) is 0.364. The highest BCUT2D eigenvalue weighted by Crippen LogP contribution is 1.96. The summed E-state index contributed by atoms with van der Waals surface area (Å²) >= 11 is 0. The van der Waals surface area contributed by atoms with Crippen molar-refractivity contribution >= 4 is 0 Å². The SMILES string of the molecule is CC.CC(C)=C/C=C(\C)[N+](=O)[O-]. The molecule has 70 valence electrons. The highest BCUT2D eigenvalue weighted by atomic mass is 16.6. The van der Waals surface area contributed by atoms with Crippen LogP contribution in [0.15, 0.2) is 23.4 Å². The van der Waals surface area contributed by atoms with Crippen molar-refractivity contribution in [3.8, 4) is 0 Å². The van der Waals surface area contributed by atoms with Gasteiger partial charge in [0.25, 0.3) is 0 Å². The van der Waals surface area contributed by atoms with E-state index in [1.807, 2.05) is 27.7 Å². The van der Waals surface area contributed by atoms with Gasteiger partial charge in [-0.05, 0) is 13.8 Å². The van der Waals surface area contributed by atoms with Gasteiger partial charge in [0.2, 0.25) is 5.70 Å². The second kappa shape index (κ2) is 7.98. The molecule has 0 rings (SSSR count). The summed E-state index contributed by atoms with van der Waals surface area (Å²) in [4.78, 5) is 9.62. The normalized spacial score (nSPS) is 9.58. The molecule has 0 aromatic heterocycles. The first-order chi connectivity index (χ1) is 5.54. The van der Waals surface area contributed by atoms with Crippen molar-refractivity contribution in [2.75, 3.05) is 0 Å². The fourth-order valence-electron chi connectivity index (χ4n) is 0.348. The van der Waals surface area contributed by atoms with E-state index in [9.17, 15) is 10.1 Å². The van der Waals surface area contributed by atoms with Gasteiger partial charge in [-0.2, -0.15) is 0 Å². The zero-order valence-corrected chi connectivity index (χ0v) is 8.42. The van der Waals surface area contributed by atoms with Gasteiger partial charge in [-0.25, -0.2) is 0 Å². The number of hydrogen-bond acceptors (Lipinski definition) is 2. The van der Waals surface area contributed by atoms with Crippen LogP contribution in [0.3, 0.4) is 0 Å². The standard InChI is InChI=1S/C7H11NO2.C2H6/c1-6(2)4-5-7(3)8(9)10;1-2/h4-5H,1-3H3;1-2H3/b7-5+;. The third-order valence-electron chi connectivity index (χ3n) is 0.946. The minimum atomic E-state index is -0.403. The molecule has 0 aromatic carbocycles. The van der Waals surface area contributed by atoms with Crippen molar-refractivity contribution in [2.45, 2.75) is 34.6 Å². The molecule has 3 heteroatoms. The van der Waals surface area contributed by atoms with E-state index >= 15 is 0 Å². The molecule has 0 spiro atoms. The molecule has 0 bridgehead atoms. The molecule has 0 fully saturated rings. The number of allylic oxidation sites excluding steroid dienone is 4. The number of nitro groups is 1. The van der Waals surface area contributed by atoms with Gasteiger partial charge in [-0.15, -0.1) is 0 Å². The van der Waals surface area contributed by atoms with Gasteiger partial charge in [-0.1, -0.05) is 25.5 Å². The average Bonchev–Trinajstić information content (AvgIpc) is 2.03. The van der Waals surface area contributed by atoms with Crippen LogP contribution in [0.2, 0.25) is 0 Å². The van der Waals surface area contributed by atoms with Crippen molar-refractivity contribution in [3.63, 3.8) is 0 Å². The molecule has 0 saturated carbocycles. The van der Waals surface area contributed by atoms with E-state index in [0.717, 1.165) is 5.57 Å². The summed E-state index contributed by atoms with van der Waals surface area (Å²) in [5.41, 5.74) is 1.22. The molecule has 0 amide bonds. The van der Waals surface area contributed by atoms with Crippen LogP contribution in [0.5, 0.6) is 0 Å². The van der Waals surface area contributed by atoms with Crippen LogP contribution in [0.1, 0.15) is 34.6 Å². The van der Waals surface area contributed by atoms with E-state index in [-0.39, 0.29) is 5.70 Å². The Kier molecular flexibility index (Phi) is 8.96. The highest BCUT2D eigenvalue weighted by molar-refractivity contribution is 5.09. The number of nitrogens with zero attached hydrogens (tertiary/aromatic N) is 1. The van der Waals surface area contributed by atoms with Crippen LogP contribution in [0.25, 0.3) is 0 Å². The van der Waals surface area contributed by atoms with Crippen molar-refractivity contribution in [1.29, 1.82) is 0 Å². The molecule has 12 heavy (non-hydrogen) atoms. The van der Waals surface area contributed by atoms with Gasteiger partial charge in [0, 0.05) is 13.0 Å². The zero-order chi connectivity index (χ0) is 10.1. The lowest BCUT2D eigenvalue weighted by atomic mass is 10.3. The summed E-state index contributed by atoms with van der Waals surface area (Å²) in [6.45, 7) is 9.26. The van der Waals surface area contributed by atoms with Crippen LogP contribution in [-0.2, 0) is 0 Å². The zero-order valence-electron chi connectivity index (χ0n) is 8.42. The van der Waals surface area contributed by atoms with Crippen LogP contribution >= 0.6 is 0 Å². The summed E-state index contributed by atoms with van der Waals surface area (Å²) in [6, 6.07) is 0. The predicted octanol–water partition coefficient (Wildman–Crippen LogP) is 3.16. The molecule has 0 N–H and O–H groups in total. The summed E-state index contributed by atoms with van der Waals surface area (Å²) in [6.07, 6.45) is 3.22. The van der Waals surface area contributed by atoms with Crippen molar-refractivity contribution in [3.05, 3.63) is 33.5 Å². The molecule has 0 aliphatic heterocycles. The smallest absolute Gasteiger partial charge is 0.243 e. The lowest BCUT2D eigenvalue weighted by molar-refractivity contribution is -0.424. The monoisotopic (exact) mass is 171 g/mol. The Hall–Kier alpha value is -1.12. The lowest BCUT2D eigenvalue weighted by Crippen LogP contribution is -1.91. The Labute approximate surface area is 73.9 Å². The van der Waals surface area contributed by atoms with E-state index in [0.29, 0.717) is 0 Å². The Morgan fingerprint density at radius 1 is 1.17 bits per heavy atom. The van der Waals surface area contributed by atoms with E-state index < -0.39 is 4.92 Å². The van der Waals surface area contributed by atoms with Gasteiger partial charge >= 0.3 is 0 Å². The van der Waals surface area contributed by atoms with Crippen LogP contribution in [0.4, 0.5) is 0 Å². The molecule has 0 aliphatic rings. The fourth-order valence-corrected chi connectivity index (χ4v) is 0.348. The largest absolute Gasteiger partial charge is 0.259 e. The fraction of sp³-hybridized carbons (Fsp3) is 0.556. The lowest BCUT2D eigenvalue weighted by Gasteiger charge is -1.85. The molecule has 0 unspecified atom stereocenters. The molecule has 0 radical (unpaired) electrons. The second-order valence-corrected chi connectivity index (χ2v) is 2.31. The molecular weight excluding hydrogens is 154 g/mol. The van der Waals surface area contributed by atoms with Gasteiger partial charge in [-0.3, -0.25) is 10.1 Å². The van der Waals surface area contributed by atoms with Crippen LogP contribution in [0, 0.1) is 10.1 Å². The maximum absolute atomic E-state index is 10.0. The topological polar surface area (TPSA) is 43.1 Å². The summed E-state index contributed by atoms with van der Waals surface area (Å²) in [5, 5.41) is 10.0. The molecule has 0 heterocycles. The Bertz CT molecular complexity index is 189. The number of hydrogen-bond donors (Lipinski definition) is 0. The van der Waals surface area contributed by atoms with Gasteiger partial charge in [0.1, 0.15) is 0 Å². The average molecular weight is 171 g/mol. The predicted molar refractivity (Wildman–Crippen MR) is 51.5 cm³/mol. The Balaban J connectivity index is 0. The summed E-state index contributed by atoms with van der Waals surface area (Å²) < 4.78 is 0. The minimum Gasteiger partial charge on any atom is -0.259 e. The third-order valence-corrected chi connectivity index (χ3v) is 0.946. The Morgan fingerprint density at radius 2 is 1.58 bits per heavy atom. The van der Waals surface area contributed by atoms with Crippen molar-refractivity contribution < 1.29 is 4.92 Å². The maximum atomic E-state index is 10.0. The van der Waals surface area contributed by atoms with Gasteiger partial charge in [0.15, 0.2) is 0 Å². The second-order valence-electron chi connectivity index (χ2n) is 2.31. The van der Waals surface area contributed by atoms with E-state index in [1.54, 1.807) is 6.08 Å². The van der Waals surface area contributed by atoms with Gasteiger partial charge < -0.3 is 0 Å². The molecule has 0 aromatic rings.